The molecule has 9 heteroatoms. The number of benzene rings is 1. The van der Waals surface area contributed by atoms with Gasteiger partial charge in [-0.15, -0.1) is 0 Å². The zero-order chi connectivity index (χ0) is 19.0. The highest BCUT2D eigenvalue weighted by atomic mass is 79.9. The summed E-state index contributed by atoms with van der Waals surface area (Å²) in [6.07, 6.45) is 1.65. The van der Waals surface area contributed by atoms with E-state index < -0.39 is 11.0 Å². The van der Waals surface area contributed by atoms with Crippen molar-refractivity contribution in [2.24, 2.45) is 0 Å². The molecule has 0 saturated heterocycles. The molecule has 0 aliphatic rings. The Bertz CT molecular complexity index is 1030. The van der Waals surface area contributed by atoms with Crippen LogP contribution in [0.15, 0.2) is 34.9 Å². The third-order valence-electron chi connectivity index (χ3n) is 4.19. The first-order valence-electron chi connectivity index (χ1n) is 7.85. The average molecular weight is 418 g/mol. The Hall–Kier alpha value is -2.81. The molecule has 3 aromatic rings. The number of carbonyl (C=O) groups excluding carboxylic acids is 1. The third-order valence-corrected chi connectivity index (χ3v) is 4.88. The largest absolute Gasteiger partial charge is 0.322 e. The van der Waals surface area contributed by atoms with Crippen molar-refractivity contribution >= 4 is 44.1 Å². The number of aromatic nitrogens is 3. The van der Waals surface area contributed by atoms with Crippen molar-refractivity contribution in [2.45, 2.75) is 26.8 Å². The number of fused-ring (bicyclic) bond motifs is 1. The number of aryl methyl sites for hydroxylation is 1. The SMILES string of the molecule is Cc1nn(C(C)C(=O)Nc2ccc(Br)c3cccnc23)c(C)c1[N+](=O)[O-]. The quantitative estimate of drug-likeness (QED) is 0.511. The summed E-state index contributed by atoms with van der Waals surface area (Å²) in [5.41, 5.74) is 1.77. The molecule has 1 aromatic carbocycles. The average Bonchev–Trinajstić information content (AvgIpc) is 2.91. The lowest BCUT2D eigenvalue weighted by atomic mass is 10.2. The van der Waals surface area contributed by atoms with Crippen molar-refractivity contribution < 1.29 is 9.72 Å². The Morgan fingerprint density at radius 1 is 1.35 bits per heavy atom. The van der Waals surface area contributed by atoms with Gasteiger partial charge in [-0.1, -0.05) is 22.0 Å². The number of hydrogen-bond acceptors (Lipinski definition) is 5. The zero-order valence-corrected chi connectivity index (χ0v) is 15.9. The predicted molar refractivity (Wildman–Crippen MR) is 101 cm³/mol. The van der Waals surface area contributed by atoms with Crippen LogP contribution in [-0.4, -0.2) is 25.6 Å². The highest BCUT2D eigenvalue weighted by molar-refractivity contribution is 9.10. The van der Waals surface area contributed by atoms with Crippen LogP contribution < -0.4 is 5.32 Å². The first-order valence-corrected chi connectivity index (χ1v) is 8.64. The maximum absolute atomic E-state index is 12.7. The van der Waals surface area contributed by atoms with E-state index in [1.54, 1.807) is 33.0 Å². The summed E-state index contributed by atoms with van der Waals surface area (Å²) in [4.78, 5) is 27.7. The summed E-state index contributed by atoms with van der Waals surface area (Å²) >= 11 is 3.47. The second kappa shape index (κ2) is 6.83. The minimum atomic E-state index is -0.718. The molecule has 0 radical (unpaired) electrons. The lowest BCUT2D eigenvalue weighted by molar-refractivity contribution is -0.386. The Labute approximate surface area is 157 Å². The van der Waals surface area contributed by atoms with Crippen LogP contribution in [0, 0.1) is 24.0 Å². The van der Waals surface area contributed by atoms with Crippen LogP contribution in [0.3, 0.4) is 0 Å². The number of nitrogens with zero attached hydrogens (tertiary/aromatic N) is 4. The highest BCUT2D eigenvalue weighted by Crippen LogP contribution is 2.29. The Kier molecular flexibility index (Phi) is 4.73. The molecule has 3 rings (SSSR count). The summed E-state index contributed by atoms with van der Waals surface area (Å²) < 4.78 is 2.25. The number of hydrogen-bond donors (Lipinski definition) is 1. The van der Waals surface area contributed by atoms with Crippen LogP contribution in [0.2, 0.25) is 0 Å². The number of halogens is 1. The molecule has 8 nitrogen and oxygen atoms in total. The topological polar surface area (TPSA) is 103 Å². The van der Waals surface area contributed by atoms with Crippen molar-refractivity contribution in [3.63, 3.8) is 0 Å². The number of nitrogens with one attached hydrogen (secondary N) is 1. The fourth-order valence-electron chi connectivity index (χ4n) is 2.88. The van der Waals surface area contributed by atoms with Gasteiger partial charge in [-0.25, -0.2) is 0 Å². The smallest absolute Gasteiger partial charge is 0.312 e. The molecule has 2 heterocycles. The van der Waals surface area contributed by atoms with Gasteiger partial charge in [-0.3, -0.25) is 24.6 Å². The lowest BCUT2D eigenvalue weighted by Crippen LogP contribution is -2.25. The summed E-state index contributed by atoms with van der Waals surface area (Å²) in [6, 6.07) is 6.59. The first-order chi connectivity index (χ1) is 12.3. The van der Waals surface area contributed by atoms with Crippen LogP contribution in [0.1, 0.15) is 24.4 Å². The summed E-state index contributed by atoms with van der Waals surface area (Å²) in [5.74, 6) is -0.334. The molecular weight excluding hydrogens is 402 g/mol. The van der Waals surface area contributed by atoms with Crippen LogP contribution in [0.5, 0.6) is 0 Å². The van der Waals surface area contributed by atoms with Crippen molar-refractivity contribution in [3.8, 4) is 0 Å². The minimum absolute atomic E-state index is 0.0691. The maximum Gasteiger partial charge on any atom is 0.312 e. The monoisotopic (exact) mass is 417 g/mol. The molecule has 0 aliphatic carbocycles. The molecular formula is C17H16BrN5O3. The molecule has 26 heavy (non-hydrogen) atoms. The van der Waals surface area contributed by atoms with Gasteiger partial charge >= 0.3 is 5.69 Å². The molecule has 1 N–H and O–H groups in total. The second-order valence-electron chi connectivity index (χ2n) is 5.88. The summed E-state index contributed by atoms with van der Waals surface area (Å²) in [5, 5.41) is 19.0. The van der Waals surface area contributed by atoms with Gasteiger partial charge in [0.05, 0.1) is 16.1 Å². The summed E-state index contributed by atoms with van der Waals surface area (Å²) in [6.45, 7) is 4.78. The Balaban J connectivity index is 1.93. The molecule has 0 bridgehead atoms. The van der Waals surface area contributed by atoms with Crippen LogP contribution in [0.4, 0.5) is 11.4 Å². The number of anilines is 1. The molecule has 0 aliphatic heterocycles. The van der Waals surface area contributed by atoms with Crippen LogP contribution >= 0.6 is 15.9 Å². The fraction of sp³-hybridized carbons (Fsp3) is 0.235. The number of carbonyl (C=O) groups is 1. The summed E-state index contributed by atoms with van der Waals surface area (Å²) in [7, 11) is 0. The van der Waals surface area contributed by atoms with Gasteiger partial charge in [0.2, 0.25) is 5.91 Å². The Morgan fingerprint density at radius 3 is 2.73 bits per heavy atom. The number of rotatable bonds is 4. The van der Waals surface area contributed by atoms with Crippen LogP contribution in [-0.2, 0) is 4.79 Å². The van der Waals surface area contributed by atoms with E-state index in [2.05, 4.69) is 31.3 Å². The van der Waals surface area contributed by atoms with Gasteiger partial charge in [-0.2, -0.15) is 5.10 Å². The number of nitro groups is 1. The van der Waals surface area contributed by atoms with Crippen molar-refractivity contribution in [3.05, 3.63) is 56.4 Å². The Morgan fingerprint density at radius 2 is 2.08 bits per heavy atom. The van der Waals surface area contributed by atoms with Gasteiger partial charge in [0.1, 0.15) is 17.4 Å². The van der Waals surface area contributed by atoms with E-state index in [1.165, 1.54) is 4.68 Å². The first kappa shape index (κ1) is 18.0. The van der Waals surface area contributed by atoms with E-state index in [9.17, 15) is 14.9 Å². The molecule has 0 fully saturated rings. The van der Waals surface area contributed by atoms with Gasteiger partial charge in [0.25, 0.3) is 0 Å². The van der Waals surface area contributed by atoms with E-state index in [1.807, 2.05) is 18.2 Å². The van der Waals surface area contributed by atoms with Gasteiger partial charge in [0.15, 0.2) is 0 Å². The molecule has 1 atom stereocenters. The molecule has 0 saturated carbocycles. The molecule has 1 amide bonds. The molecule has 134 valence electrons. The van der Waals surface area contributed by atoms with E-state index in [0.717, 1.165) is 9.86 Å². The maximum atomic E-state index is 12.7. The fourth-order valence-corrected chi connectivity index (χ4v) is 3.33. The van der Waals surface area contributed by atoms with E-state index in [4.69, 9.17) is 0 Å². The normalized spacial score (nSPS) is 12.2. The van der Waals surface area contributed by atoms with Gasteiger partial charge in [-0.05, 0) is 39.0 Å². The standard InChI is InChI=1S/C17H16BrN5O3/c1-9-16(23(25)26)10(2)22(21-9)11(3)17(24)20-14-7-6-13(18)12-5-4-8-19-15(12)14/h4-8,11H,1-3H3,(H,20,24). The molecule has 2 aromatic heterocycles. The van der Waals surface area contributed by atoms with E-state index in [-0.39, 0.29) is 17.3 Å². The van der Waals surface area contributed by atoms with E-state index >= 15 is 0 Å². The molecule has 0 spiro atoms. The minimum Gasteiger partial charge on any atom is -0.322 e. The predicted octanol–water partition coefficient (Wildman–Crippen LogP) is 3.92. The zero-order valence-electron chi connectivity index (χ0n) is 14.4. The van der Waals surface area contributed by atoms with Crippen molar-refractivity contribution in [1.82, 2.24) is 14.8 Å². The molecule has 1 unspecified atom stereocenters. The van der Waals surface area contributed by atoms with Gasteiger partial charge in [0, 0.05) is 16.1 Å². The lowest BCUT2D eigenvalue weighted by Gasteiger charge is -2.15. The number of amides is 1. The van der Waals surface area contributed by atoms with E-state index in [0.29, 0.717) is 16.9 Å². The van der Waals surface area contributed by atoms with Gasteiger partial charge < -0.3 is 5.32 Å². The van der Waals surface area contributed by atoms with Crippen LogP contribution in [0.25, 0.3) is 10.9 Å². The second-order valence-corrected chi connectivity index (χ2v) is 6.74. The highest BCUT2D eigenvalue weighted by Gasteiger charge is 2.27. The van der Waals surface area contributed by atoms with Crippen molar-refractivity contribution in [1.29, 1.82) is 0 Å². The van der Waals surface area contributed by atoms with Crippen molar-refractivity contribution in [2.75, 3.05) is 5.32 Å². The third kappa shape index (κ3) is 3.05. The number of pyridine rings is 1.